The quantitative estimate of drug-likeness (QED) is 0.631. The molecule has 3 N–H and O–H groups in total. The van der Waals surface area contributed by atoms with Gasteiger partial charge in [-0.05, 0) is 25.7 Å². The first-order valence-corrected chi connectivity index (χ1v) is 7.44. The van der Waals surface area contributed by atoms with Crippen molar-refractivity contribution >= 4 is 11.6 Å². The van der Waals surface area contributed by atoms with Crippen LogP contribution < -0.4 is 0 Å². The van der Waals surface area contributed by atoms with Gasteiger partial charge in [-0.25, -0.2) is 0 Å². The zero-order valence-electron chi connectivity index (χ0n) is 14.0. The van der Waals surface area contributed by atoms with E-state index in [1.807, 2.05) is 0 Å². The molecule has 0 aromatic carbocycles. The summed E-state index contributed by atoms with van der Waals surface area (Å²) in [4.78, 5) is 23.7. The van der Waals surface area contributed by atoms with Crippen molar-refractivity contribution in [3.05, 3.63) is 0 Å². The fraction of sp³-hybridized carbons (Fsp3) is 0.875. The lowest BCUT2D eigenvalue weighted by atomic mass is 9.75. The first kappa shape index (κ1) is 20.2. The predicted octanol–water partition coefficient (Wildman–Crippen LogP) is 1.47. The molecule has 3 atom stereocenters. The topological polar surface area (TPSA) is 94.8 Å². The third-order valence-electron chi connectivity index (χ3n) is 3.58. The molecule has 0 aliphatic rings. The maximum atomic E-state index is 12.4. The number of Topliss-reactive ketones (excluding diaryl/α,β-unsaturated/α-hetero) is 2. The second-order valence-electron chi connectivity index (χ2n) is 7.33. The minimum absolute atomic E-state index is 0.0480. The molecular weight excluding hydrogens is 272 g/mol. The molecule has 0 aliphatic carbocycles. The molecule has 0 unspecified atom stereocenters. The number of aliphatic hydroxyl groups is 3. The SMILES string of the molecule is CC(=O)C[C@](O)(CC[C@@H](O)[C@@H](O)C(C)C)C(=O)C(C)(C)C. The number of hydrogen-bond donors (Lipinski definition) is 3. The molecule has 21 heavy (non-hydrogen) atoms. The average molecular weight is 302 g/mol. The van der Waals surface area contributed by atoms with Gasteiger partial charge in [0, 0.05) is 11.8 Å². The summed E-state index contributed by atoms with van der Waals surface area (Å²) in [6.07, 6.45) is -2.21. The molecule has 0 saturated carbocycles. The highest BCUT2D eigenvalue weighted by atomic mass is 16.3. The lowest BCUT2D eigenvalue weighted by molar-refractivity contribution is -0.151. The van der Waals surface area contributed by atoms with E-state index in [1.165, 1.54) is 6.92 Å². The smallest absolute Gasteiger partial charge is 0.170 e. The van der Waals surface area contributed by atoms with Crippen LogP contribution >= 0.6 is 0 Å². The van der Waals surface area contributed by atoms with Crippen molar-refractivity contribution in [1.29, 1.82) is 0 Å². The van der Waals surface area contributed by atoms with Crippen molar-refractivity contribution in [2.24, 2.45) is 11.3 Å². The minimum Gasteiger partial charge on any atom is -0.390 e. The molecule has 0 bridgehead atoms. The first-order chi connectivity index (χ1) is 9.31. The van der Waals surface area contributed by atoms with E-state index in [0.29, 0.717) is 0 Å². The van der Waals surface area contributed by atoms with Crippen LogP contribution in [0.15, 0.2) is 0 Å². The molecule has 0 aliphatic heterocycles. The Labute approximate surface area is 127 Å². The van der Waals surface area contributed by atoms with E-state index in [1.54, 1.807) is 34.6 Å². The van der Waals surface area contributed by atoms with Crippen LogP contribution in [0.4, 0.5) is 0 Å². The predicted molar refractivity (Wildman–Crippen MR) is 80.8 cm³/mol. The van der Waals surface area contributed by atoms with Gasteiger partial charge in [-0.15, -0.1) is 0 Å². The molecule has 0 heterocycles. The third-order valence-corrected chi connectivity index (χ3v) is 3.58. The van der Waals surface area contributed by atoms with Gasteiger partial charge in [-0.1, -0.05) is 34.6 Å². The van der Waals surface area contributed by atoms with E-state index >= 15 is 0 Å². The van der Waals surface area contributed by atoms with Crippen LogP contribution in [0.3, 0.4) is 0 Å². The van der Waals surface area contributed by atoms with E-state index in [4.69, 9.17) is 0 Å². The molecular formula is C16H30O5. The van der Waals surface area contributed by atoms with Crippen molar-refractivity contribution in [1.82, 2.24) is 0 Å². The molecule has 0 fully saturated rings. The van der Waals surface area contributed by atoms with Crippen molar-refractivity contribution in [3.8, 4) is 0 Å². The van der Waals surface area contributed by atoms with Gasteiger partial charge < -0.3 is 15.3 Å². The van der Waals surface area contributed by atoms with Crippen LogP contribution in [-0.4, -0.2) is 44.7 Å². The Hall–Kier alpha value is -0.780. The van der Waals surface area contributed by atoms with Crippen LogP contribution in [0.5, 0.6) is 0 Å². The Morgan fingerprint density at radius 1 is 1.10 bits per heavy atom. The zero-order chi connectivity index (χ0) is 17.0. The third kappa shape index (κ3) is 6.24. The monoisotopic (exact) mass is 302 g/mol. The fourth-order valence-corrected chi connectivity index (χ4v) is 2.39. The Bertz CT molecular complexity index is 369. The molecule has 0 amide bonds. The minimum atomic E-state index is -1.79. The summed E-state index contributed by atoms with van der Waals surface area (Å²) in [6.45, 7) is 9.91. The molecule has 0 aromatic rings. The zero-order valence-corrected chi connectivity index (χ0v) is 14.0. The maximum Gasteiger partial charge on any atom is 0.170 e. The van der Waals surface area contributed by atoms with E-state index in [0.717, 1.165) is 0 Å². The number of carbonyl (C=O) groups excluding carboxylic acids is 2. The Morgan fingerprint density at radius 2 is 1.57 bits per heavy atom. The number of hydrogen-bond acceptors (Lipinski definition) is 5. The van der Waals surface area contributed by atoms with E-state index in [9.17, 15) is 24.9 Å². The average Bonchev–Trinajstić information content (AvgIpc) is 2.31. The highest BCUT2D eigenvalue weighted by molar-refractivity contribution is 5.95. The van der Waals surface area contributed by atoms with Gasteiger partial charge >= 0.3 is 0 Å². The fourth-order valence-electron chi connectivity index (χ4n) is 2.39. The van der Waals surface area contributed by atoms with E-state index < -0.39 is 29.0 Å². The maximum absolute atomic E-state index is 12.4. The van der Waals surface area contributed by atoms with Gasteiger partial charge in [0.05, 0.1) is 12.2 Å². The molecule has 0 spiro atoms. The second kappa shape index (κ2) is 7.47. The lowest BCUT2D eigenvalue weighted by Gasteiger charge is -2.33. The number of rotatable bonds is 8. The van der Waals surface area contributed by atoms with Crippen molar-refractivity contribution in [3.63, 3.8) is 0 Å². The number of aliphatic hydroxyl groups excluding tert-OH is 2. The van der Waals surface area contributed by atoms with Crippen LogP contribution in [0.25, 0.3) is 0 Å². The molecule has 0 radical (unpaired) electrons. The molecule has 5 heteroatoms. The lowest BCUT2D eigenvalue weighted by Crippen LogP contribution is -2.47. The summed E-state index contributed by atoms with van der Waals surface area (Å²) in [6, 6.07) is 0. The first-order valence-electron chi connectivity index (χ1n) is 7.44. The number of ketones is 2. The van der Waals surface area contributed by atoms with Crippen molar-refractivity contribution in [2.45, 2.75) is 78.6 Å². The van der Waals surface area contributed by atoms with Gasteiger partial charge in [0.15, 0.2) is 5.78 Å². The van der Waals surface area contributed by atoms with Gasteiger partial charge in [0.25, 0.3) is 0 Å². The van der Waals surface area contributed by atoms with Crippen LogP contribution in [0.2, 0.25) is 0 Å². The van der Waals surface area contributed by atoms with Crippen LogP contribution in [-0.2, 0) is 9.59 Å². The molecule has 5 nitrogen and oxygen atoms in total. The van der Waals surface area contributed by atoms with Gasteiger partial charge in [0.2, 0.25) is 0 Å². The summed E-state index contributed by atoms with van der Waals surface area (Å²) in [5, 5.41) is 30.3. The highest BCUT2D eigenvalue weighted by Gasteiger charge is 2.43. The molecule has 0 aromatic heterocycles. The van der Waals surface area contributed by atoms with E-state index in [-0.39, 0.29) is 31.0 Å². The molecule has 124 valence electrons. The molecule has 0 saturated heterocycles. The highest BCUT2D eigenvalue weighted by Crippen LogP contribution is 2.30. The standard InChI is InChI=1S/C16H30O5/c1-10(2)13(19)12(18)7-8-16(21,9-11(3)17)14(20)15(4,5)6/h10,12-13,18-19,21H,7-9H2,1-6H3/t12-,13+,16-/m1/s1. The normalized spacial score (nSPS) is 18.2. The van der Waals surface area contributed by atoms with Crippen LogP contribution in [0.1, 0.15) is 60.8 Å². The summed E-state index contributed by atoms with van der Waals surface area (Å²) in [5.74, 6) is -0.829. The van der Waals surface area contributed by atoms with E-state index in [2.05, 4.69) is 0 Å². The molecule has 0 rings (SSSR count). The van der Waals surface area contributed by atoms with Crippen molar-refractivity contribution in [2.75, 3.05) is 0 Å². The summed E-state index contributed by atoms with van der Waals surface area (Å²) < 4.78 is 0. The van der Waals surface area contributed by atoms with Gasteiger partial charge in [-0.3, -0.25) is 9.59 Å². The van der Waals surface area contributed by atoms with Crippen molar-refractivity contribution < 1.29 is 24.9 Å². The summed E-state index contributed by atoms with van der Waals surface area (Å²) >= 11 is 0. The summed E-state index contributed by atoms with van der Waals surface area (Å²) in [7, 11) is 0. The number of carbonyl (C=O) groups is 2. The summed E-state index contributed by atoms with van der Waals surface area (Å²) in [5.41, 5.74) is -2.58. The van der Waals surface area contributed by atoms with Gasteiger partial charge in [-0.2, -0.15) is 0 Å². The van der Waals surface area contributed by atoms with Gasteiger partial charge in [0.1, 0.15) is 11.4 Å². The second-order valence-corrected chi connectivity index (χ2v) is 7.33. The van der Waals surface area contributed by atoms with Crippen LogP contribution in [0, 0.1) is 11.3 Å². The Balaban J connectivity index is 5.02. The Kier molecular flexibility index (Phi) is 7.20. The Morgan fingerprint density at radius 3 is 1.90 bits per heavy atom. The largest absolute Gasteiger partial charge is 0.390 e.